The Kier molecular flexibility index (Phi) is 4.32. The number of carbonyl (C=O) groups is 1. The standard InChI is InChI=1S/C19H16N6O3/c1-2-28-13-7-5-12(6-8-13)25-18-15(23-19(25)27)14(16(20)26)22-17(24-18)11-4-3-9-21-10-11/h3-10H,2H2,1H3,(H2,20,26)(H,23,27). The summed E-state index contributed by atoms with van der Waals surface area (Å²) in [6.45, 7) is 2.43. The van der Waals surface area contributed by atoms with Gasteiger partial charge in [0.2, 0.25) is 0 Å². The molecule has 0 spiro atoms. The molecular weight excluding hydrogens is 360 g/mol. The van der Waals surface area contributed by atoms with E-state index in [0.29, 0.717) is 23.6 Å². The number of nitrogens with one attached hydrogen (secondary N) is 1. The van der Waals surface area contributed by atoms with Crippen LogP contribution >= 0.6 is 0 Å². The van der Waals surface area contributed by atoms with Gasteiger partial charge in [-0.05, 0) is 43.3 Å². The Morgan fingerprint density at radius 1 is 1.21 bits per heavy atom. The van der Waals surface area contributed by atoms with E-state index in [-0.39, 0.29) is 22.7 Å². The zero-order valence-corrected chi connectivity index (χ0v) is 14.9. The molecule has 3 aromatic heterocycles. The van der Waals surface area contributed by atoms with E-state index in [9.17, 15) is 9.59 Å². The highest BCUT2D eigenvalue weighted by Gasteiger charge is 2.20. The minimum atomic E-state index is -0.766. The molecule has 1 aromatic carbocycles. The fraction of sp³-hybridized carbons (Fsp3) is 0.105. The van der Waals surface area contributed by atoms with Gasteiger partial charge in [-0.3, -0.25) is 9.78 Å². The van der Waals surface area contributed by atoms with Crippen molar-refractivity contribution in [1.82, 2.24) is 24.5 Å². The van der Waals surface area contributed by atoms with E-state index < -0.39 is 11.6 Å². The summed E-state index contributed by atoms with van der Waals surface area (Å²) in [6.07, 6.45) is 3.18. The van der Waals surface area contributed by atoms with Crippen LogP contribution in [0.2, 0.25) is 0 Å². The lowest BCUT2D eigenvalue weighted by atomic mass is 10.2. The van der Waals surface area contributed by atoms with Crippen LogP contribution in [0, 0.1) is 0 Å². The predicted molar refractivity (Wildman–Crippen MR) is 102 cm³/mol. The van der Waals surface area contributed by atoms with Crippen molar-refractivity contribution >= 4 is 17.1 Å². The third-order valence-corrected chi connectivity index (χ3v) is 4.10. The topological polar surface area (TPSA) is 129 Å². The van der Waals surface area contributed by atoms with Crippen LogP contribution in [-0.4, -0.2) is 37.0 Å². The molecule has 9 nitrogen and oxygen atoms in total. The Balaban J connectivity index is 1.97. The fourth-order valence-electron chi connectivity index (χ4n) is 2.88. The van der Waals surface area contributed by atoms with Gasteiger partial charge in [-0.1, -0.05) is 0 Å². The summed E-state index contributed by atoms with van der Waals surface area (Å²) in [6, 6.07) is 10.4. The molecule has 0 unspecified atom stereocenters. The van der Waals surface area contributed by atoms with Gasteiger partial charge >= 0.3 is 5.69 Å². The van der Waals surface area contributed by atoms with E-state index in [4.69, 9.17) is 10.5 Å². The van der Waals surface area contributed by atoms with Crippen molar-refractivity contribution in [2.75, 3.05) is 6.61 Å². The van der Waals surface area contributed by atoms with E-state index in [0.717, 1.165) is 0 Å². The van der Waals surface area contributed by atoms with Gasteiger partial charge in [-0.2, -0.15) is 0 Å². The molecule has 0 atom stereocenters. The van der Waals surface area contributed by atoms with Gasteiger partial charge in [0, 0.05) is 18.0 Å². The number of pyridine rings is 1. The van der Waals surface area contributed by atoms with Crippen LogP contribution in [0.15, 0.2) is 53.6 Å². The maximum absolute atomic E-state index is 12.6. The monoisotopic (exact) mass is 376 g/mol. The SMILES string of the molecule is CCOc1ccc(-n2c(=O)[nH]c3c(C(N)=O)nc(-c4cccnc4)nc32)cc1. The maximum Gasteiger partial charge on any atom is 0.332 e. The van der Waals surface area contributed by atoms with Crippen molar-refractivity contribution < 1.29 is 9.53 Å². The molecule has 28 heavy (non-hydrogen) atoms. The Morgan fingerprint density at radius 3 is 2.64 bits per heavy atom. The number of H-pyrrole nitrogens is 1. The lowest BCUT2D eigenvalue weighted by Crippen LogP contribution is -2.15. The predicted octanol–water partition coefficient (Wildman–Crippen LogP) is 1.67. The Bertz CT molecular complexity index is 1210. The van der Waals surface area contributed by atoms with Crippen LogP contribution < -0.4 is 16.2 Å². The Morgan fingerprint density at radius 2 is 2.00 bits per heavy atom. The second kappa shape index (κ2) is 6.95. The van der Waals surface area contributed by atoms with E-state index >= 15 is 0 Å². The number of aromatic nitrogens is 5. The normalized spacial score (nSPS) is 10.9. The number of carbonyl (C=O) groups excluding carboxylic acids is 1. The van der Waals surface area contributed by atoms with Crippen LogP contribution in [0.25, 0.3) is 28.2 Å². The van der Waals surface area contributed by atoms with Crippen LogP contribution in [-0.2, 0) is 0 Å². The molecule has 0 bridgehead atoms. The maximum atomic E-state index is 12.6. The molecule has 0 fully saturated rings. The van der Waals surface area contributed by atoms with Gasteiger partial charge < -0.3 is 15.5 Å². The Hall–Kier alpha value is -4.01. The summed E-state index contributed by atoms with van der Waals surface area (Å²) < 4.78 is 6.79. The summed E-state index contributed by atoms with van der Waals surface area (Å²) in [5.41, 5.74) is 6.55. The van der Waals surface area contributed by atoms with Gasteiger partial charge in [0.1, 0.15) is 11.3 Å². The third-order valence-electron chi connectivity index (χ3n) is 4.10. The smallest absolute Gasteiger partial charge is 0.332 e. The van der Waals surface area contributed by atoms with Crippen LogP contribution in [0.3, 0.4) is 0 Å². The van der Waals surface area contributed by atoms with Gasteiger partial charge in [-0.15, -0.1) is 0 Å². The molecule has 4 aromatic rings. The van der Waals surface area contributed by atoms with Crippen molar-refractivity contribution in [3.05, 3.63) is 65.0 Å². The molecular formula is C19H16N6O3. The summed E-state index contributed by atoms with van der Waals surface area (Å²) in [5, 5.41) is 0. The number of amides is 1. The molecule has 0 aliphatic carbocycles. The lowest BCUT2D eigenvalue weighted by molar-refractivity contribution is 0.0997. The zero-order valence-electron chi connectivity index (χ0n) is 14.9. The highest BCUT2D eigenvalue weighted by molar-refractivity contribution is 6.02. The number of ether oxygens (including phenoxy) is 1. The van der Waals surface area contributed by atoms with Crippen molar-refractivity contribution in [3.63, 3.8) is 0 Å². The number of imidazole rings is 1. The van der Waals surface area contributed by atoms with Gasteiger partial charge in [0.25, 0.3) is 5.91 Å². The first-order valence-electron chi connectivity index (χ1n) is 8.54. The van der Waals surface area contributed by atoms with E-state index in [1.165, 1.54) is 4.57 Å². The van der Waals surface area contributed by atoms with Gasteiger partial charge in [0.15, 0.2) is 17.2 Å². The second-order valence-electron chi connectivity index (χ2n) is 5.89. The zero-order chi connectivity index (χ0) is 19.7. The summed E-state index contributed by atoms with van der Waals surface area (Å²) in [5.74, 6) is 0.161. The summed E-state index contributed by atoms with van der Waals surface area (Å²) >= 11 is 0. The Labute approximate surface area is 158 Å². The van der Waals surface area contributed by atoms with Crippen molar-refractivity contribution in [1.29, 1.82) is 0 Å². The number of hydrogen-bond donors (Lipinski definition) is 2. The van der Waals surface area contributed by atoms with Crippen molar-refractivity contribution in [2.24, 2.45) is 5.73 Å². The molecule has 0 saturated heterocycles. The van der Waals surface area contributed by atoms with Crippen LogP contribution in [0.1, 0.15) is 17.4 Å². The third kappa shape index (κ3) is 2.98. The number of aromatic amines is 1. The average molecular weight is 376 g/mol. The number of nitrogens with zero attached hydrogens (tertiary/aromatic N) is 4. The molecule has 140 valence electrons. The minimum absolute atomic E-state index is 0.0642. The fourth-order valence-corrected chi connectivity index (χ4v) is 2.88. The first-order valence-corrected chi connectivity index (χ1v) is 8.54. The number of hydrogen-bond acceptors (Lipinski definition) is 6. The molecule has 9 heteroatoms. The van der Waals surface area contributed by atoms with Crippen molar-refractivity contribution in [2.45, 2.75) is 6.92 Å². The largest absolute Gasteiger partial charge is 0.494 e. The quantitative estimate of drug-likeness (QED) is 0.545. The van der Waals surface area contributed by atoms with Crippen molar-refractivity contribution in [3.8, 4) is 22.8 Å². The highest BCUT2D eigenvalue weighted by Crippen LogP contribution is 2.22. The molecule has 0 radical (unpaired) electrons. The molecule has 4 rings (SSSR count). The van der Waals surface area contributed by atoms with Crippen LogP contribution in [0.4, 0.5) is 0 Å². The molecule has 1 amide bonds. The number of rotatable bonds is 5. The second-order valence-corrected chi connectivity index (χ2v) is 5.89. The summed E-state index contributed by atoms with van der Waals surface area (Å²) in [7, 11) is 0. The minimum Gasteiger partial charge on any atom is -0.494 e. The first kappa shape index (κ1) is 17.4. The number of benzene rings is 1. The van der Waals surface area contributed by atoms with Crippen LogP contribution in [0.5, 0.6) is 5.75 Å². The molecule has 0 aliphatic rings. The summed E-state index contributed by atoms with van der Waals surface area (Å²) in [4.78, 5) is 39.9. The molecule has 0 saturated carbocycles. The first-order chi connectivity index (χ1) is 13.6. The molecule has 0 aliphatic heterocycles. The lowest BCUT2D eigenvalue weighted by Gasteiger charge is -2.07. The van der Waals surface area contributed by atoms with E-state index in [2.05, 4.69) is 19.9 Å². The van der Waals surface area contributed by atoms with Gasteiger partial charge in [0.05, 0.1) is 12.3 Å². The molecule has 3 heterocycles. The highest BCUT2D eigenvalue weighted by atomic mass is 16.5. The average Bonchev–Trinajstić information content (AvgIpc) is 3.04. The van der Waals surface area contributed by atoms with E-state index in [1.54, 1.807) is 48.8 Å². The molecule has 3 N–H and O–H groups in total. The van der Waals surface area contributed by atoms with E-state index in [1.807, 2.05) is 6.92 Å². The van der Waals surface area contributed by atoms with Gasteiger partial charge in [-0.25, -0.2) is 19.3 Å². The number of nitrogens with two attached hydrogens (primary N) is 1. The number of fused-ring (bicyclic) bond motifs is 1. The number of primary amides is 1.